The van der Waals surface area contributed by atoms with E-state index in [0.29, 0.717) is 18.4 Å². The van der Waals surface area contributed by atoms with E-state index >= 15 is 0 Å². The number of benzene rings is 3. The van der Waals surface area contributed by atoms with Crippen LogP contribution in [-0.4, -0.2) is 54.3 Å². The van der Waals surface area contributed by atoms with Gasteiger partial charge >= 0.3 is 0 Å². The zero-order valence-electron chi connectivity index (χ0n) is 27.1. The topological polar surface area (TPSA) is 195 Å². The third-order valence-electron chi connectivity index (χ3n) is 9.23. The van der Waals surface area contributed by atoms with Crippen molar-refractivity contribution in [2.45, 2.75) is 75.9 Å². The van der Waals surface area contributed by atoms with Crippen LogP contribution in [-0.2, 0) is 20.8 Å². The molecule has 0 saturated heterocycles. The van der Waals surface area contributed by atoms with E-state index in [2.05, 4.69) is 27.0 Å². The van der Waals surface area contributed by atoms with Gasteiger partial charge in [-0.3, -0.25) is 24.2 Å². The molecule has 3 aromatic rings. The highest BCUT2D eigenvalue weighted by molar-refractivity contribution is 6.06. The first-order chi connectivity index (χ1) is 23.2. The number of nitrogens with zero attached hydrogens (tertiary/aromatic N) is 1. The number of primary amides is 1. The first kappa shape index (κ1) is 34.2. The van der Waals surface area contributed by atoms with Crippen LogP contribution < -0.4 is 33.2 Å². The minimum atomic E-state index is -1.02. The van der Waals surface area contributed by atoms with Crippen molar-refractivity contribution >= 4 is 29.6 Å². The molecule has 0 bridgehead atoms. The Morgan fingerprint density at radius 1 is 0.708 bits per heavy atom. The Morgan fingerprint density at radius 3 is 2.02 bits per heavy atom. The van der Waals surface area contributed by atoms with E-state index in [4.69, 9.17) is 17.2 Å². The molecule has 0 aromatic heterocycles. The first-order valence-corrected chi connectivity index (χ1v) is 16.7. The van der Waals surface area contributed by atoms with Crippen molar-refractivity contribution in [3.63, 3.8) is 0 Å². The van der Waals surface area contributed by atoms with Crippen LogP contribution in [0.3, 0.4) is 0 Å². The van der Waals surface area contributed by atoms with Crippen molar-refractivity contribution in [1.82, 2.24) is 16.0 Å². The number of nitrogens with two attached hydrogens (primary N) is 3. The zero-order chi connectivity index (χ0) is 34.0. The largest absolute Gasteiger partial charge is 0.370 e. The SMILES string of the molecule is NC(=O)[C@H](Cc1ccccc1)NC(=O)[C@H](CCCN=C(N)N)NC(=O)[C@H](CC1CCCCC1)NC(=O)c1ccc2c(c1)-c1ccccc1-2. The maximum Gasteiger partial charge on any atom is 0.251 e. The maximum absolute atomic E-state index is 14.0. The highest BCUT2D eigenvalue weighted by atomic mass is 16.2. The summed E-state index contributed by atoms with van der Waals surface area (Å²) in [4.78, 5) is 57.6. The Kier molecular flexibility index (Phi) is 11.4. The third-order valence-corrected chi connectivity index (χ3v) is 9.23. The van der Waals surface area contributed by atoms with Crippen molar-refractivity contribution in [2.75, 3.05) is 6.54 Å². The molecule has 4 amide bonds. The van der Waals surface area contributed by atoms with E-state index in [-0.39, 0.29) is 37.2 Å². The molecule has 252 valence electrons. The number of aliphatic imine (C=N–C) groups is 1. The highest BCUT2D eigenvalue weighted by Crippen LogP contribution is 2.47. The zero-order valence-corrected chi connectivity index (χ0v) is 27.1. The lowest BCUT2D eigenvalue weighted by atomic mass is 9.80. The van der Waals surface area contributed by atoms with E-state index in [9.17, 15) is 19.2 Å². The monoisotopic (exact) mass is 651 g/mol. The fraction of sp³-hybridized carbons (Fsp3) is 0.378. The van der Waals surface area contributed by atoms with Gasteiger partial charge in [-0.25, -0.2) is 0 Å². The molecular formula is C37H45N7O4. The predicted molar refractivity (Wildman–Crippen MR) is 186 cm³/mol. The summed E-state index contributed by atoms with van der Waals surface area (Å²) in [6.45, 7) is 0.245. The Morgan fingerprint density at radius 2 is 1.33 bits per heavy atom. The van der Waals surface area contributed by atoms with Gasteiger partial charge in [-0.15, -0.1) is 0 Å². The minimum absolute atomic E-state index is 0.0775. The van der Waals surface area contributed by atoms with Gasteiger partial charge in [-0.1, -0.05) is 92.8 Å². The summed E-state index contributed by atoms with van der Waals surface area (Å²) in [5.41, 5.74) is 22.2. The lowest BCUT2D eigenvalue weighted by Gasteiger charge is -2.29. The van der Waals surface area contributed by atoms with Gasteiger partial charge in [0.25, 0.3) is 5.91 Å². The maximum atomic E-state index is 14.0. The van der Waals surface area contributed by atoms with Crippen LogP contribution >= 0.6 is 0 Å². The third kappa shape index (κ3) is 8.78. The molecule has 3 atom stereocenters. The van der Waals surface area contributed by atoms with Crippen LogP contribution in [0, 0.1) is 5.92 Å². The first-order valence-electron chi connectivity index (χ1n) is 16.7. The summed E-state index contributed by atoms with van der Waals surface area (Å²) in [6, 6.07) is 19.9. The summed E-state index contributed by atoms with van der Waals surface area (Å²) in [7, 11) is 0. The molecule has 0 radical (unpaired) electrons. The number of hydrogen-bond acceptors (Lipinski definition) is 5. The highest BCUT2D eigenvalue weighted by Gasteiger charge is 2.32. The van der Waals surface area contributed by atoms with Crippen LogP contribution in [0.1, 0.15) is 67.3 Å². The molecule has 1 saturated carbocycles. The standard InChI is InChI=1S/C37H45N7O4/c38-33(45)31(20-23-10-3-1-4-11-23)43-35(47)30(16-9-19-41-37(39)40)42-36(48)32(21-24-12-5-2-6-13-24)44-34(46)25-17-18-28-26-14-7-8-15-27(26)29(28)22-25/h1,3-4,7-8,10-11,14-15,17-18,22,24,30-32H,2,5-6,9,12-13,16,19-21H2,(H2,38,45)(H,42,48)(H,43,47)(H,44,46)(H4,39,40,41)/t30-,31-,32-/m0/s1. The molecule has 2 aliphatic rings. The second-order valence-electron chi connectivity index (χ2n) is 12.7. The fourth-order valence-corrected chi connectivity index (χ4v) is 6.65. The molecule has 5 rings (SSSR count). The van der Waals surface area contributed by atoms with Gasteiger partial charge < -0.3 is 33.2 Å². The summed E-state index contributed by atoms with van der Waals surface area (Å²) in [5, 5.41) is 8.59. The van der Waals surface area contributed by atoms with Crippen molar-refractivity contribution in [1.29, 1.82) is 0 Å². The van der Waals surface area contributed by atoms with Crippen LogP contribution in [0.2, 0.25) is 0 Å². The Labute approximate surface area is 281 Å². The van der Waals surface area contributed by atoms with Gasteiger partial charge in [0.2, 0.25) is 17.7 Å². The van der Waals surface area contributed by atoms with Crippen LogP contribution in [0.5, 0.6) is 0 Å². The van der Waals surface area contributed by atoms with Gasteiger partial charge in [0.05, 0.1) is 0 Å². The smallest absolute Gasteiger partial charge is 0.251 e. The second kappa shape index (κ2) is 16.1. The predicted octanol–water partition coefficient (Wildman–Crippen LogP) is 3.15. The fourth-order valence-electron chi connectivity index (χ4n) is 6.65. The van der Waals surface area contributed by atoms with Gasteiger partial charge in [-0.05, 0) is 65.1 Å². The van der Waals surface area contributed by atoms with E-state index in [1.165, 1.54) is 0 Å². The molecule has 11 heteroatoms. The summed E-state index contributed by atoms with van der Waals surface area (Å²) in [6.07, 6.45) is 6.46. The molecule has 0 aliphatic heterocycles. The number of amides is 4. The quantitative estimate of drug-likeness (QED) is 0.0649. The molecule has 0 unspecified atom stereocenters. The van der Waals surface area contributed by atoms with Crippen molar-refractivity contribution in [3.05, 3.63) is 83.9 Å². The number of nitrogens with one attached hydrogen (secondary N) is 3. The van der Waals surface area contributed by atoms with Gasteiger partial charge in [0.1, 0.15) is 18.1 Å². The van der Waals surface area contributed by atoms with Crippen LogP contribution in [0.4, 0.5) is 0 Å². The Hall–Kier alpha value is -5.19. The van der Waals surface area contributed by atoms with E-state index in [1.54, 1.807) is 6.07 Å². The number of carbonyl (C=O) groups excluding carboxylic acids is 4. The van der Waals surface area contributed by atoms with Crippen LogP contribution in [0.15, 0.2) is 77.8 Å². The summed E-state index contributed by atoms with van der Waals surface area (Å²) in [5.74, 6) is -1.89. The number of carbonyl (C=O) groups is 4. The van der Waals surface area contributed by atoms with E-state index in [1.807, 2.05) is 60.7 Å². The number of guanidine groups is 1. The van der Waals surface area contributed by atoms with Crippen molar-refractivity contribution in [3.8, 4) is 22.3 Å². The molecular weight excluding hydrogens is 606 g/mol. The lowest BCUT2D eigenvalue weighted by Crippen LogP contribution is -2.57. The van der Waals surface area contributed by atoms with E-state index < -0.39 is 35.8 Å². The normalized spacial score (nSPS) is 15.3. The summed E-state index contributed by atoms with van der Waals surface area (Å²) < 4.78 is 0. The average molecular weight is 652 g/mol. The Balaban J connectivity index is 1.32. The Bertz CT molecular complexity index is 1650. The van der Waals surface area contributed by atoms with Gasteiger partial charge in [0, 0.05) is 18.5 Å². The molecule has 11 nitrogen and oxygen atoms in total. The van der Waals surface area contributed by atoms with Crippen LogP contribution in [0.25, 0.3) is 22.3 Å². The minimum Gasteiger partial charge on any atom is -0.370 e. The molecule has 2 aliphatic carbocycles. The number of rotatable bonds is 15. The number of fused-ring (bicyclic) bond motifs is 4. The molecule has 9 N–H and O–H groups in total. The molecule has 1 fully saturated rings. The molecule has 3 aromatic carbocycles. The van der Waals surface area contributed by atoms with E-state index in [0.717, 1.165) is 59.9 Å². The van der Waals surface area contributed by atoms with Gasteiger partial charge in [-0.2, -0.15) is 0 Å². The summed E-state index contributed by atoms with van der Waals surface area (Å²) >= 11 is 0. The molecule has 0 heterocycles. The molecule has 0 spiro atoms. The van der Waals surface area contributed by atoms with Gasteiger partial charge in [0.15, 0.2) is 5.96 Å². The van der Waals surface area contributed by atoms with Crippen molar-refractivity contribution in [2.24, 2.45) is 28.1 Å². The molecule has 48 heavy (non-hydrogen) atoms. The second-order valence-corrected chi connectivity index (χ2v) is 12.7. The van der Waals surface area contributed by atoms with Crippen molar-refractivity contribution < 1.29 is 19.2 Å². The number of hydrogen-bond donors (Lipinski definition) is 6. The lowest BCUT2D eigenvalue weighted by molar-refractivity contribution is -0.132. The average Bonchev–Trinajstić information content (AvgIpc) is 3.08.